The van der Waals surface area contributed by atoms with Crippen LogP contribution in [0, 0.1) is 6.92 Å². The van der Waals surface area contributed by atoms with Crippen LogP contribution < -0.4 is 15.4 Å². The Kier molecular flexibility index (Phi) is 5.05. The van der Waals surface area contributed by atoms with E-state index in [-0.39, 0.29) is 0 Å². The third kappa shape index (κ3) is 4.02. The molecule has 7 nitrogen and oxygen atoms in total. The highest BCUT2D eigenvalue weighted by atomic mass is 32.1. The molecule has 0 aliphatic carbocycles. The first-order valence-corrected chi connectivity index (χ1v) is 7.30. The molecule has 2 heterocycles. The molecule has 0 aliphatic rings. The van der Waals surface area contributed by atoms with Crippen molar-refractivity contribution in [2.75, 3.05) is 24.3 Å². The smallest absolute Gasteiger partial charge is 0.323 e. The van der Waals surface area contributed by atoms with Gasteiger partial charge < -0.3 is 15.4 Å². The standard InChI is InChI=1S/C12H18N6OS/c1-4-5-19-12-17-10(13-3)16-11(18-12)14-6-9-7-20-8(2)15-9/h7H,4-6H2,1-3H3,(H2,13,14,16,17,18). The quantitative estimate of drug-likeness (QED) is 0.808. The summed E-state index contributed by atoms with van der Waals surface area (Å²) in [7, 11) is 1.76. The Morgan fingerprint density at radius 1 is 1.20 bits per heavy atom. The van der Waals surface area contributed by atoms with Gasteiger partial charge in [-0.2, -0.15) is 15.0 Å². The Balaban J connectivity index is 2.05. The van der Waals surface area contributed by atoms with Crippen molar-refractivity contribution in [3.8, 4) is 6.01 Å². The second kappa shape index (κ2) is 6.99. The van der Waals surface area contributed by atoms with E-state index in [1.807, 2.05) is 19.2 Å². The van der Waals surface area contributed by atoms with Crippen LogP contribution in [0.5, 0.6) is 6.01 Å². The molecule has 0 radical (unpaired) electrons. The van der Waals surface area contributed by atoms with Crippen molar-refractivity contribution in [1.29, 1.82) is 0 Å². The lowest BCUT2D eigenvalue weighted by molar-refractivity contribution is 0.292. The Morgan fingerprint density at radius 2 is 2.00 bits per heavy atom. The zero-order chi connectivity index (χ0) is 14.4. The predicted molar refractivity (Wildman–Crippen MR) is 79.3 cm³/mol. The van der Waals surface area contributed by atoms with E-state index in [0.29, 0.717) is 31.1 Å². The molecule has 2 N–H and O–H groups in total. The summed E-state index contributed by atoms with van der Waals surface area (Å²) >= 11 is 1.62. The van der Waals surface area contributed by atoms with Gasteiger partial charge in [0.25, 0.3) is 0 Å². The van der Waals surface area contributed by atoms with Gasteiger partial charge in [0.1, 0.15) is 0 Å². The van der Waals surface area contributed by atoms with E-state index in [1.54, 1.807) is 18.4 Å². The molecular weight excluding hydrogens is 276 g/mol. The van der Waals surface area contributed by atoms with Crippen LogP contribution >= 0.6 is 11.3 Å². The zero-order valence-electron chi connectivity index (χ0n) is 11.8. The van der Waals surface area contributed by atoms with E-state index in [1.165, 1.54) is 0 Å². The molecule has 20 heavy (non-hydrogen) atoms. The Bertz CT molecular complexity index is 559. The molecule has 108 valence electrons. The molecule has 0 fully saturated rings. The second-order valence-corrected chi connectivity index (χ2v) is 5.14. The molecule has 0 saturated heterocycles. The van der Waals surface area contributed by atoms with Gasteiger partial charge in [0.05, 0.1) is 23.9 Å². The monoisotopic (exact) mass is 294 g/mol. The first-order chi connectivity index (χ1) is 9.71. The van der Waals surface area contributed by atoms with Crippen molar-refractivity contribution in [2.45, 2.75) is 26.8 Å². The average Bonchev–Trinajstić information content (AvgIpc) is 2.88. The van der Waals surface area contributed by atoms with Crippen molar-refractivity contribution in [3.05, 3.63) is 16.1 Å². The molecule has 0 unspecified atom stereocenters. The number of thiazole rings is 1. The molecule has 0 saturated carbocycles. The number of anilines is 2. The minimum Gasteiger partial charge on any atom is -0.463 e. The number of hydrogen-bond acceptors (Lipinski definition) is 8. The summed E-state index contributed by atoms with van der Waals surface area (Å²) < 4.78 is 5.44. The fourth-order valence-corrected chi connectivity index (χ4v) is 2.08. The Hall–Kier alpha value is -1.96. The molecule has 2 aromatic heterocycles. The minimum atomic E-state index is 0.322. The van der Waals surface area contributed by atoms with Gasteiger partial charge in [0, 0.05) is 12.4 Å². The number of aromatic nitrogens is 4. The van der Waals surface area contributed by atoms with Gasteiger partial charge in [-0.25, -0.2) is 4.98 Å². The molecule has 2 aromatic rings. The number of nitrogens with one attached hydrogen (secondary N) is 2. The third-order valence-corrected chi connectivity index (χ3v) is 3.19. The van der Waals surface area contributed by atoms with E-state index in [4.69, 9.17) is 4.74 Å². The molecule has 0 bridgehead atoms. The Morgan fingerprint density at radius 3 is 2.65 bits per heavy atom. The highest BCUT2D eigenvalue weighted by Gasteiger charge is 2.07. The van der Waals surface area contributed by atoms with Crippen LogP contribution in [0.25, 0.3) is 0 Å². The summed E-state index contributed by atoms with van der Waals surface area (Å²) in [5.41, 5.74) is 0.968. The lowest BCUT2D eigenvalue weighted by Gasteiger charge is -2.08. The fraction of sp³-hybridized carbons (Fsp3) is 0.500. The summed E-state index contributed by atoms with van der Waals surface area (Å²) in [4.78, 5) is 17.0. The average molecular weight is 294 g/mol. The maximum absolute atomic E-state index is 5.44. The van der Waals surface area contributed by atoms with Gasteiger partial charge >= 0.3 is 6.01 Å². The SMILES string of the molecule is CCCOc1nc(NC)nc(NCc2csc(C)n2)n1. The summed E-state index contributed by atoms with van der Waals surface area (Å²) in [5, 5.41) is 9.07. The van der Waals surface area contributed by atoms with Gasteiger partial charge in [-0.15, -0.1) is 11.3 Å². The lowest BCUT2D eigenvalue weighted by atomic mass is 10.5. The van der Waals surface area contributed by atoms with Crippen LogP contribution in [0.2, 0.25) is 0 Å². The number of ether oxygens (including phenoxy) is 1. The van der Waals surface area contributed by atoms with E-state index >= 15 is 0 Å². The van der Waals surface area contributed by atoms with Crippen molar-refractivity contribution in [1.82, 2.24) is 19.9 Å². The van der Waals surface area contributed by atoms with Crippen molar-refractivity contribution in [2.24, 2.45) is 0 Å². The van der Waals surface area contributed by atoms with Crippen LogP contribution in [-0.4, -0.2) is 33.6 Å². The molecule has 0 amide bonds. The highest BCUT2D eigenvalue weighted by Crippen LogP contribution is 2.13. The molecule has 0 spiro atoms. The molecule has 8 heteroatoms. The number of nitrogens with zero attached hydrogens (tertiary/aromatic N) is 4. The molecule has 0 aliphatic heterocycles. The van der Waals surface area contributed by atoms with E-state index in [2.05, 4.69) is 30.6 Å². The van der Waals surface area contributed by atoms with Gasteiger partial charge in [0.2, 0.25) is 11.9 Å². The normalized spacial score (nSPS) is 10.3. The van der Waals surface area contributed by atoms with Gasteiger partial charge in [-0.05, 0) is 13.3 Å². The van der Waals surface area contributed by atoms with Gasteiger partial charge in [-0.1, -0.05) is 6.92 Å². The highest BCUT2D eigenvalue weighted by molar-refractivity contribution is 7.09. The van der Waals surface area contributed by atoms with E-state index in [9.17, 15) is 0 Å². The molecule has 0 atom stereocenters. The van der Waals surface area contributed by atoms with Crippen LogP contribution in [0.1, 0.15) is 24.0 Å². The van der Waals surface area contributed by atoms with Crippen molar-refractivity contribution in [3.63, 3.8) is 0 Å². The number of rotatable bonds is 7. The summed E-state index contributed by atoms with van der Waals surface area (Å²) in [6.07, 6.45) is 0.904. The topological polar surface area (TPSA) is 84.9 Å². The van der Waals surface area contributed by atoms with Crippen LogP contribution in [0.4, 0.5) is 11.9 Å². The van der Waals surface area contributed by atoms with Gasteiger partial charge in [0.15, 0.2) is 0 Å². The Labute approximate surface area is 121 Å². The maximum Gasteiger partial charge on any atom is 0.323 e. The first-order valence-electron chi connectivity index (χ1n) is 6.42. The lowest BCUT2D eigenvalue weighted by Crippen LogP contribution is -2.10. The van der Waals surface area contributed by atoms with Crippen molar-refractivity contribution < 1.29 is 4.74 Å². The summed E-state index contributed by atoms with van der Waals surface area (Å²) in [5.74, 6) is 0.948. The van der Waals surface area contributed by atoms with E-state index < -0.39 is 0 Å². The number of hydrogen-bond donors (Lipinski definition) is 2. The largest absolute Gasteiger partial charge is 0.463 e. The molecular formula is C12H18N6OS. The minimum absolute atomic E-state index is 0.322. The zero-order valence-corrected chi connectivity index (χ0v) is 12.6. The third-order valence-electron chi connectivity index (χ3n) is 2.37. The van der Waals surface area contributed by atoms with Crippen LogP contribution in [0.15, 0.2) is 5.38 Å². The first kappa shape index (κ1) is 14.4. The van der Waals surface area contributed by atoms with Crippen LogP contribution in [0.3, 0.4) is 0 Å². The van der Waals surface area contributed by atoms with E-state index in [0.717, 1.165) is 17.1 Å². The molecule has 2 rings (SSSR count). The second-order valence-electron chi connectivity index (χ2n) is 4.08. The maximum atomic E-state index is 5.44. The predicted octanol–water partition coefficient (Wildman–Crippen LogP) is 2.08. The number of aryl methyl sites for hydroxylation is 1. The van der Waals surface area contributed by atoms with Gasteiger partial charge in [-0.3, -0.25) is 0 Å². The fourth-order valence-electron chi connectivity index (χ4n) is 1.46. The summed E-state index contributed by atoms with van der Waals surface area (Å²) in [6, 6.07) is 0.322. The molecule has 0 aromatic carbocycles. The van der Waals surface area contributed by atoms with Crippen LogP contribution in [-0.2, 0) is 6.54 Å². The summed E-state index contributed by atoms with van der Waals surface area (Å²) in [6.45, 7) is 5.17. The van der Waals surface area contributed by atoms with Crippen molar-refractivity contribution >= 4 is 23.2 Å².